The van der Waals surface area contributed by atoms with Gasteiger partial charge < -0.3 is 5.32 Å². The van der Waals surface area contributed by atoms with Gasteiger partial charge in [-0.1, -0.05) is 25.3 Å². The van der Waals surface area contributed by atoms with Crippen molar-refractivity contribution < 1.29 is 4.79 Å². The molecule has 1 fully saturated rings. The number of aromatic nitrogens is 1. The Bertz CT molecular complexity index is 439. The normalized spacial score (nSPS) is 16.5. The fourth-order valence-electron chi connectivity index (χ4n) is 2.19. The van der Waals surface area contributed by atoms with E-state index < -0.39 is 0 Å². The Labute approximate surface area is 121 Å². The third-order valence-corrected chi connectivity index (χ3v) is 3.67. The molecule has 19 heavy (non-hydrogen) atoms. The van der Waals surface area contributed by atoms with Crippen LogP contribution in [0.3, 0.4) is 0 Å². The average Bonchev–Trinajstić information content (AvgIpc) is 2.43. The van der Waals surface area contributed by atoms with Crippen LogP contribution in [0.25, 0.3) is 0 Å². The maximum Gasteiger partial charge on any atom is 0.324 e. The number of pyridine rings is 1. The topological polar surface area (TPSA) is 54.0 Å². The molecule has 4 nitrogen and oxygen atoms in total. The molecule has 1 saturated carbocycles. The fourth-order valence-corrected chi connectivity index (χ4v) is 2.42. The zero-order valence-electron chi connectivity index (χ0n) is 10.7. The lowest BCUT2D eigenvalue weighted by atomic mass is 9.89. The molecule has 0 radical (unpaired) electrons. The third kappa shape index (κ3) is 5.03. The SMILES string of the molecule is O=C(N/C=C/C1CCCCC1)Nc1ccc(Br)cn1. The van der Waals surface area contributed by atoms with Gasteiger partial charge in [0.25, 0.3) is 0 Å². The van der Waals surface area contributed by atoms with Gasteiger partial charge >= 0.3 is 6.03 Å². The molecule has 0 unspecified atom stereocenters. The minimum atomic E-state index is -0.262. The van der Waals surface area contributed by atoms with Crippen molar-refractivity contribution in [1.82, 2.24) is 10.3 Å². The van der Waals surface area contributed by atoms with Crippen molar-refractivity contribution in [3.63, 3.8) is 0 Å². The zero-order chi connectivity index (χ0) is 13.5. The van der Waals surface area contributed by atoms with Gasteiger partial charge in [-0.3, -0.25) is 5.32 Å². The molecule has 0 bridgehead atoms. The summed E-state index contributed by atoms with van der Waals surface area (Å²) in [5.74, 6) is 1.15. The molecule has 1 aliphatic rings. The van der Waals surface area contributed by atoms with E-state index in [4.69, 9.17) is 0 Å². The van der Waals surface area contributed by atoms with Crippen LogP contribution in [0.15, 0.2) is 35.1 Å². The summed E-state index contributed by atoms with van der Waals surface area (Å²) in [6.07, 6.45) is 11.9. The molecule has 2 amide bonds. The molecule has 0 aromatic carbocycles. The van der Waals surface area contributed by atoms with E-state index in [1.807, 2.05) is 6.07 Å². The summed E-state index contributed by atoms with van der Waals surface area (Å²) in [5, 5.41) is 5.38. The Morgan fingerprint density at radius 2 is 2.11 bits per heavy atom. The molecule has 1 heterocycles. The molecule has 102 valence electrons. The van der Waals surface area contributed by atoms with Crippen LogP contribution in [0.2, 0.25) is 0 Å². The highest BCUT2D eigenvalue weighted by atomic mass is 79.9. The monoisotopic (exact) mass is 323 g/mol. The number of carbonyl (C=O) groups is 1. The van der Waals surface area contributed by atoms with E-state index in [1.165, 1.54) is 32.1 Å². The van der Waals surface area contributed by atoms with Gasteiger partial charge in [-0.25, -0.2) is 9.78 Å². The summed E-state index contributed by atoms with van der Waals surface area (Å²) < 4.78 is 0.885. The number of carbonyl (C=O) groups excluding carboxylic acids is 1. The Hall–Kier alpha value is -1.36. The van der Waals surface area contributed by atoms with E-state index in [0.717, 1.165) is 4.47 Å². The Kier molecular flexibility index (Phi) is 5.39. The van der Waals surface area contributed by atoms with Crippen molar-refractivity contribution in [2.24, 2.45) is 5.92 Å². The van der Waals surface area contributed by atoms with Gasteiger partial charge in [-0.15, -0.1) is 0 Å². The maximum atomic E-state index is 11.6. The first-order valence-electron chi connectivity index (χ1n) is 6.60. The lowest BCUT2D eigenvalue weighted by Gasteiger charge is -2.17. The summed E-state index contributed by atoms with van der Waals surface area (Å²) in [7, 11) is 0. The quantitative estimate of drug-likeness (QED) is 0.881. The first-order chi connectivity index (χ1) is 9.24. The van der Waals surface area contributed by atoms with E-state index in [2.05, 4.69) is 37.6 Å². The van der Waals surface area contributed by atoms with Crippen LogP contribution >= 0.6 is 15.9 Å². The number of anilines is 1. The highest BCUT2D eigenvalue weighted by Gasteiger charge is 2.09. The second-order valence-corrected chi connectivity index (χ2v) is 5.63. The predicted octanol–water partition coefficient (Wildman–Crippen LogP) is 4.06. The van der Waals surface area contributed by atoms with Gasteiger partial charge in [0.1, 0.15) is 5.82 Å². The molecule has 2 rings (SSSR count). The second-order valence-electron chi connectivity index (χ2n) is 4.72. The standard InChI is InChI=1S/C14H18BrN3O/c15-12-6-7-13(17-10-12)18-14(19)16-9-8-11-4-2-1-3-5-11/h6-11H,1-5H2,(H2,16,17,18,19)/b9-8+. The Morgan fingerprint density at radius 1 is 1.32 bits per heavy atom. The molecule has 5 heteroatoms. The van der Waals surface area contributed by atoms with Gasteiger partial charge in [0, 0.05) is 16.9 Å². The highest BCUT2D eigenvalue weighted by Crippen LogP contribution is 2.24. The van der Waals surface area contributed by atoms with E-state index in [9.17, 15) is 4.79 Å². The first kappa shape index (κ1) is 14.1. The van der Waals surface area contributed by atoms with Crippen LogP contribution in [0.4, 0.5) is 10.6 Å². The van der Waals surface area contributed by atoms with Crippen molar-refractivity contribution in [3.05, 3.63) is 35.1 Å². The third-order valence-electron chi connectivity index (χ3n) is 3.20. The van der Waals surface area contributed by atoms with E-state index >= 15 is 0 Å². The summed E-state index contributed by atoms with van der Waals surface area (Å²) in [6, 6.07) is 3.32. The zero-order valence-corrected chi connectivity index (χ0v) is 12.3. The number of halogens is 1. The van der Waals surface area contributed by atoms with Gasteiger partial charge in [0.15, 0.2) is 0 Å². The summed E-state index contributed by atoms with van der Waals surface area (Å²) in [4.78, 5) is 15.7. The second kappa shape index (κ2) is 7.28. The number of nitrogens with zero attached hydrogens (tertiary/aromatic N) is 1. The molecule has 0 aliphatic heterocycles. The molecule has 1 aliphatic carbocycles. The number of rotatable bonds is 3. The highest BCUT2D eigenvalue weighted by molar-refractivity contribution is 9.10. The summed E-state index contributed by atoms with van der Waals surface area (Å²) in [5.41, 5.74) is 0. The average molecular weight is 324 g/mol. The molecular weight excluding hydrogens is 306 g/mol. The van der Waals surface area contributed by atoms with Crippen molar-refractivity contribution >= 4 is 27.8 Å². The molecule has 1 aromatic heterocycles. The van der Waals surface area contributed by atoms with Crippen LogP contribution in [-0.2, 0) is 0 Å². The van der Waals surface area contributed by atoms with Gasteiger partial charge in [-0.2, -0.15) is 0 Å². The van der Waals surface area contributed by atoms with Crippen LogP contribution in [0, 0.1) is 5.92 Å². The smallest absolute Gasteiger partial charge is 0.315 e. The van der Waals surface area contributed by atoms with Crippen LogP contribution in [0.5, 0.6) is 0 Å². The van der Waals surface area contributed by atoms with Gasteiger partial charge in [0.05, 0.1) is 0 Å². The molecule has 2 N–H and O–H groups in total. The molecular formula is C14H18BrN3O. The van der Waals surface area contributed by atoms with Crippen LogP contribution in [0.1, 0.15) is 32.1 Å². The van der Waals surface area contributed by atoms with Crippen molar-refractivity contribution in [1.29, 1.82) is 0 Å². The lowest BCUT2D eigenvalue weighted by molar-refractivity contribution is 0.255. The molecule has 1 aromatic rings. The van der Waals surface area contributed by atoms with Gasteiger partial charge in [0.2, 0.25) is 0 Å². The lowest BCUT2D eigenvalue weighted by Crippen LogP contribution is -2.24. The Balaban J connectivity index is 1.74. The Morgan fingerprint density at radius 3 is 2.79 bits per heavy atom. The van der Waals surface area contributed by atoms with Crippen molar-refractivity contribution in [3.8, 4) is 0 Å². The predicted molar refractivity (Wildman–Crippen MR) is 79.8 cm³/mol. The van der Waals surface area contributed by atoms with Crippen molar-refractivity contribution in [2.75, 3.05) is 5.32 Å². The summed E-state index contributed by atoms with van der Waals surface area (Å²) in [6.45, 7) is 0. The number of hydrogen-bond donors (Lipinski definition) is 2. The molecule has 0 saturated heterocycles. The van der Waals surface area contributed by atoms with Crippen molar-refractivity contribution in [2.45, 2.75) is 32.1 Å². The molecule has 0 spiro atoms. The van der Waals surface area contributed by atoms with Gasteiger partial charge in [-0.05, 0) is 46.8 Å². The minimum absolute atomic E-state index is 0.262. The first-order valence-corrected chi connectivity index (χ1v) is 7.39. The number of urea groups is 1. The number of nitrogens with one attached hydrogen (secondary N) is 2. The maximum absolute atomic E-state index is 11.6. The number of amides is 2. The number of allylic oxidation sites excluding steroid dienone is 1. The van der Waals surface area contributed by atoms with Crippen LogP contribution in [-0.4, -0.2) is 11.0 Å². The van der Waals surface area contributed by atoms with E-state index in [0.29, 0.717) is 11.7 Å². The largest absolute Gasteiger partial charge is 0.324 e. The number of hydrogen-bond acceptors (Lipinski definition) is 2. The summed E-state index contributed by atoms with van der Waals surface area (Å²) >= 11 is 3.30. The molecule has 0 atom stereocenters. The van der Waals surface area contributed by atoms with E-state index in [1.54, 1.807) is 18.5 Å². The van der Waals surface area contributed by atoms with E-state index in [-0.39, 0.29) is 6.03 Å². The minimum Gasteiger partial charge on any atom is -0.315 e. The fraction of sp³-hybridized carbons (Fsp3) is 0.429. The van der Waals surface area contributed by atoms with Crippen LogP contribution < -0.4 is 10.6 Å².